The first-order chi connectivity index (χ1) is 13.1. The van der Waals surface area contributed by atoms with Gasteiger partial charge in [-0.05, 0) is 55.8 Å². The lowest BCUT2D eigenvalue weighted by Gasteiger charge is -2.13. The van der Waals surface area contributed by atoms with Crippen LogP contribution in [0.5, 0.6) is 0 Å². The van der Waals surface area contributed by atoms with Crippen LogP contribution in [0.4, 0.5) is 0 Å². The minimum atomic E-state index is -3.26. The maximum absolute atomic E-state index is 12.5. The van der Waals surface area contributed by atoms with Crippen LogP contribution in [0.1, 0.15) is 35.0 Å². The molecule has 28 heavy (non-hydrogen) atoms. The number of nitrogens with zero attached hydrogens (tertiary/aromatic N) is 3. The number of amides is 1. The number of sulfone groups is 1. The number of aryl methyl sites for hydroxylation is 1. The van der Waals surface area contributed by atoms with Crippen LogP contribution < -0.4 is 5.32 Å². The minimum Gasteiger partial charge on any atom is -0.343 e. The van der Waals surface area contributed by atoms with Crippen LogP contribution in [0.3, 0.4) is 0 Å². The van der Waals surface area contributed by atoms with Gasteiger partial charge in [0.2, 0.25) is 5.82 Å². The van der Waals surface area contributed by atoms with Gasteiger partial charge in [0.15, 0.2) is 9.84 Å². The highest BCUT2D eigenvalue weighted by Gasteiger charge is 2.18. The molecular weight excluding hydrogens is 400 g/mol. The number of hydrogen-bond acceptors (Lipinski definition) is 5. The van der Waals surface area contributed by atoms with Crippen molar-refractivity contribution in [2.75, 3.05) is 6.26 Å². The summed E-state index contributed by atoms with van der Waals surface area (Å²) in [5, 5.41) is 7.70. The summed E-state index contributed by atoms with van der Waals surface area (Å²) < 4.78 is 24.7. The summed E-state index contributed by atoms with van der Waals surface area (Å²) in [6.07, 6.45) is 1.15. The lowest BCUT2D eigenvalue weighted by atomic mass is 10.1. The summed E-state index contributed by atoms with van der Waals surface area (Å²) in [7, 11) is -3.26. The van der Waals surface area contributed by atoms with Crippen LogP contribution in [0.2, 0.25) is 5.02 Å². The zero-order valence-corrected chi connectivity index (χ0v) is 17.1. The molecule has 0 aliphatic heterocycles. The van der Waals surface area contributed by atoms with E-state index in [4.69, 9.17) is 11.6 Å². The molecule has 3 aromatic rings. The summed E-state index contributed by atoms with van der Waals surface area (Å²) in [6, 6.07) is 13.1. The average molecular weight is 419 g/mol. The summed E-state index contributed by atoms with van der Waals surface area (Å²) >= 11 is 5.90. The zero-order chi connectivity index (χ0) is 20.5. The first-order valence-electron chi connectivity index (χ1n) is 8.45. The van der Waals surface area contributed by atoms with Gasteiger partial charge in [-0.3, -0.25) is 4.79 Å². The Morgan fingerprint density at radius 3 is 2.29 bits per heavy atom. The van der Waals surface area contributed by atoms with E-state index in [1.54, 1.807) is 54.9 Å². The van der Waals surface area contributed by atoms with E-state index in [9.17, 15) is 13.2 Å². The molecular formula is C19H19ClN4O3S. The Labute approximate surface area is 168 Å². The van der Waals surface area contributed by atoms with E-state index < -0.39 is 15.7 Å². The SMILES string of the molecule is Cc1nc(C(=O)NC(C)c2ccc(S(C)(=O)=O)cc2)nn1-c1ccc(Cl)cc1. The second-order valence-electron chi connectivity index (χ2n) is 6.41. The van der Waals surface area contributed by atoms with Crippen LogP contribution in [-0.2, 0) is 9.84 Å². The van der Waals surface area contributed by atoms with Crippen LogP contribution in [0.25, 0.3) is 5.69 Å². The number of rotatable bonds is 5. The van der Waals surface area contributed by atoms with Crippen molar-refractivity contribution >= 4 is 27.3 Å². The van der Waals surface area contributed by atoms with E-state index in [-0.39, 0.29) is 16.8 Å². The van der Waals surface area contributed by atoms with E-state index in [0.717, 1.165) is 17.5 Å². The van der Waals surface area contributed by atoms with Crippen LogP contribution in [-0.4, -0.2) is 35.3 Å². The second-order valence-corrected chi connectivity index (χ2v) is 8.86. The third-order valence-corrected chi connectivity index (χ3v) is 5.58. The van der Waals surface area contributed by atoms with Crippen molar-refractivity contribution < 1.29 is 13.2 Å². The monoisotopic (exact) mass is 418 g/mol. The van der Waals surface area contributed by atoms with Crippen LogP contribution >= 0.6 is 11.6 Å². The quantitative estimate of drug-likeness (QED) is 0.687. The van der Waals surface area contributed by atoms with E-state index in [0.29, 0.717) is 10.8 Å². The molecule has 1 amide bonds. The number of hydrogen-bond donors (Lipinski definition) is 1. The standard InChI is InChI=1S/C19H19ClN4O3S/c1-12(14-4-10-17(11-5-14)28(3,26)27)21-19(25)18-22-13(2)24(23-18)16-8-6-15(20)7-9-16/h4-12H,1-3H3,(H,21,25). The summed E-state index contributed by atoms with van der Waals surface area (Å²) in [5.74, 6) is 0.195. The molecule has 2 aromatic carbocycles. The summed E-state index contributed by atoms with van der Waals surface area (Å²) in [5.41, 5.74) is 1.52. The van der Waals surface area contributed by atoms with E-state index in [2.05, 4.69) is 15.4 Å². The highest BCUT2D eigenvalue weighted by Crippen LogP contribution is 2.17. The fourth-order valence-electron chi connectivity index (χ4n) is 2.66. The Morgan fingerprint density at radius 1 is 1.11 bits per heavy atom. The molecule has 0 aliphatic rings. The van der Waals surface area contributed by atoms with E-state index in [1.165, 1.54) is 12.1 Å². The smallest absolute Gasteiger partial charge is 0.291 e. The molecule has 1 unspecified atom stereocenters. The predicted molar refractivity (Wildman–Crippen MR) is 107 cm³/mol. The molecule has 0 radical (unpaired) electrons. The number of carbonyl (C=O) groups excluding carboxylic acids is 1. The van der Waals surface area contributed by atoms with Crippen molar-refractivity contribution in [1.82, 2.24) is 20.1 Å². The molecule has 1 aromatic heterocycles. The van der Waals surface area contributed by atoms with Gasteiger partial charge in [0, 0.05) is 11.3 Å². The van der Waals surface area contributed by atoms with Crippen molar-refractivity contribution in [3.8, 4) is 5.69 Å². The molecule has 1 atom stereocenters. The Morgan fingerprint density at radius 2 is 1.71 bits per heavy atom. The molecule has 1 heterocycles. The van der Waals surface area contributed by atoms with Gasteiger partial charge >= 0.3 is 0 Å². The average Bonchev–Trinajstić information content (AvgIpc) is 3.03. The van der Waals surface area contributed by atoms with Gasteiger partial charge in [0.1, 0.15) is 5.82 Å². The van der Waals surface area contributed by atoms with Gasteiger partial charge in [-0.25, -0.2) is 18.1 Å². The molecule has 146 valence electrons. The number of aromatic nitrogens is 3. The Hall–Kier alpha value is -2.71. The molecule has 0 bridgehead atoms. The molecule has 0 aliphatic carbocycles. The van der Waals surface area contributed by atoms with Crippen LogP contribution in [0.15, 0.2) is 53.4 Å². The van der Waals surface area contributed by atoms with E-state index in [1.807, 2.05) is 0 Å². The van der Waals surface area contributed by atoms with Gasteiger partial charge in [-0.15, -0.1) is 5.10 Å². The maximum Gasteiger partial charge on any atom is 0.291 e. The highest BCUT2D eigenvalue weighted by molar-refractivity contribution is 7.90. The molecule has 0 saturated heterocycles. The van der Waals surface area contributed by atoms with Crippen molar-refractivity contribution in [3.63, 3.8) is 0 Å². The van der Waals surface area contributed by atoms with Crippen LogP contribution in [0, 0.1) is 6.92 Å². The number of carbonyl (C=O) groups is 1. The summed E-state index contributed by atoms with van der Waals surface area (Å²) in [4.78, 5) is 17.0. The largest absolute Gasteiger partial charge is 0.343 e. The van der Waals surface area contributed by atoms with Gasteiger partial charge in [-0.1, -0.05) is 23.7 Å². The van der Waals surface area contributed by atoms with Gasteiger partial charge in [0.05, 0.1) is 16.6 Å². The molecule has 0 saturated carbocycles. The number of halogens is 1. The fourth-order valence-corrected chi connectivity index (χ4v) is 3.42. The molecule has 0 fully saturated rings. The molecule has 9 heteroatoms. The normalized spacial score (nSPS) is 12.6. The summed E-state index contributed by atoms with van der Waals surface area (Å²) in [6.45, 7) is 3.56. The van der Waals surface area contributed by atoms with Gasteiger partial charge in [0.25, 0.3) is 5.91 Å². The van der Waals surface area contributed by atoms with Gasteiger partial charge < -0.3 is 5.32 Å². The lowest BCUT2D eigenvalue weighted by molar-refractivity contribution is 0.0929. The third-order valence-electron chi connectivity index (χ3n) is 4.20. The lowest BCUT2D eigenvalue weighted by Crippen LogP contribution is -2.27. The van der Waals surface area contributed by atoms with Crippen molar-refractivity contribution in [3.05, 3.63) is 70.8 Å². The second kappa shape index (κ2) is 7.73. The maximum atomic E-state index is 12.5. The first-order valence-corrected chi connectivity index (χ1v) is 10.7. The minimum absolute atomic E-state index is 0.0482. The van der Waals surface area contributed by atoms with Gasteiger partial charge in [-0.2, -0.15) is 0 Å². The number of benzene rings is 2. The Kier molecular flexibility index (Phi) is 5.53. The predicted octanol–water partition coefficient (Wildman–Crippen LogP) is 3.12. The van der Waals surface area contributed by atoms with E-state index >= 15 is 0 Å². The molecule has 7 nitrogen and oxygen atoms in total. The Balaban J connectivity index is 1.76. The topological polar surface area (TPSA) is 93.9 Å². The molecule has 0 spiro atoms. The third kappa shape index (κ3) is 4.40. The van der Waals surface area contributed by atoms with Crippen molar-refractivity contribution in [2.24, 2.45) is 0 Å². The zero-order valence-electron chi connectivity index (χ0n) is 15.5. The van der Waals surface area contributed by atoms with Crippen molar-refractivity contribution in [2.45, 2.75) is 24.8 Å². The van der Waals surface area contributed by atoms with Crippen molar-refractivity contribution in [1.29, 1.82) is 0 Å². The Bertz CT molecular complexity index is 1110. The fraction of sp³-hybridized carbons (Fsp3) is 0.211. The molecule has 1 N–H and O–H groups in total. The molecule has 3 rings (SSSR count). The number of nitrogens with one attached hydrogen (secondary N) is 1. The first kappa shape index (κ1) is 20.0. The highest BCUT2D eigenvalue weighted by atomic mass is 35.5.